The van der Waals surface area contributed by atoms with Gasteiger partial charge in [0.05, 0.1) is 10.0 Å². The van der Waals surface area contributed by atoms with Gasteiger partial charge in [-0.05, 0) is 29.8 Å². The molecule has 8 heteroatoms. The number of hydrogen-bond donors (Lipinski definition) is 1. The van der Waals surface area contributed by atoms with E-state index in [1.54, 1.807) is 54.3 Å². The molecule has 0 bridgehead atoms. The van der Waals surface area contributed by atoms with E-state index in [4.69, 9.17) is 39.5 Å². The molecule has 2 aromatic carbocycles. The predicted octanol–water partition coefficient (Wildman–Crippen LogP) is 5.21. The topological polar surface area (TPSA) is 56.2 Å². The number of hydrogen-bond acceptors (Lipinski definition) is 3. The molecule has 26 heavy (non-hydrogen) atoms. The van der Waals surface area contributed by atoms with E-state index in [1.165, 1.54) is 0 Å². The molecule has 0 fully saturated rings. The lowest BCUT2D eigenvalue weighted by molar-refractivity contribution is 0.102. The number of aryl methyl sites for hydroxylation is 1. The Labute approximate surface area is 165 Å². The number of ether oxygens (including phenoxy) is 1. The molecule has 3 aromatic rings. The highest BCUT2D eigenvalue weighted by Crippen LogP contribution is 2.36. The summed E-state index contributed by atoms with van der Waals surface area (Å²) in [6.07, 6.45) is 1.75. The normalized spacial score (nSPS) is 10.6. The monoisotopic (exact) mass is 409 g/mol. The molecule has 1 N–H and O–H groups in total. The maximum atomic E-state index is 12.3. The summed E-state index contributed by atoms with van der Waals surface area (Å²) in [7, 11) is 1.78. The van der Waals surface area contributed by atoms with Crippen LogP contribution in [0, 0.1) is 0 Å². The summed E-state index contributed by atoms with van der Waals surface area (Å²) in [5, 5.41) is 7.94. The van der Waals surface area contributed by atoms with Gasteiger partial charge in [0.25, 0.3) is 5.91 Å². The van der Waals surface area contributed by atoms with Crippen LogP contribution in [0.2, 0.25) is 15.1 Å². The molecular formula is C18H14Cl3N3O2. The first-order chi connectivity index (χ1) is 12.4. The van der Waals surface area contributed by atoms with Crippen LogP contribution in [0.25, 0.3) is 0 Å². The first kappa shape index (κ1) is 18.6. The van der Waals surface area contributed by atoms with E-state index >= 15 is 0 Å². The number of amides is 1. The first-order valence-electron chi connectivity index (χ1n) is 7.59. The number of carbonyl (C=O) groups is 1. The molecule has 1 amide bonds. The maximum absolute atomic E-state index is 12.3. The molecule has 0 aliphatic rings. The Morgan fingerprint density at radius 2 is 1.88 bits per heavy atom. The highest BCUT2D eigenvalue weighted by atomic mass is 35.5. The van der Waals surface area contributed by atoms with Crippen molar-refractivity contribution in [1.82, 2.24) is 9.78 Å². The van der Waals surface area contributed by atoms with Crippen LogP contribution >= 0.6 is 34.8 Å². The van der Waals surface area contributed by atoms with Crippen LogP contribution in [0.4, 0.5) is 5.82 Å². The van der Waals surface area contributed by atoms with Crippen molar-refractivity contribution in [1.29, 1.82) is 0 Å². The minimum Gasteiger partial charge on any atom is -0.486 e. The number of nitrogens with zero attached hydrogens (tertiary/aromatic N) is 2. The second kappa shape index (κ2) is 7.99. The Kier molecular flexibility index (Phi) is 5.71. The molecule has 0 unspecified atom stereocenters. The average molecular weight is 411 g/mol. The largest absolute Gasteiger partial charge is 0.486 e. The molecule has 5 nitrogen and oxygen atoms in total. The van der Waals surface area contributed by atoms with Gasteiger partial charge in [0.2, 0.25) is 0 Å². The van der Waals surface area contributed by atoms with Crippen LogP contribution in [0.3, 0.4) is 0 Å². The number of aromatic nitrogens is 2. The molecule has 1 aromatic heterocycles. The number of nitrogens with one attached hydrogen (secondary N) is 1. The number of rotatable bonds is 5. The van der Waals surface area contributed by atoms with E-state index in [0.29, 0.717) is 32.2 Å². The third-order valence-corrected chi connectivity index (χ3v) is 4.27. The van der Waals surface area contributed by atoms with Crippen LogP contribution in [0.1, 0.15) is 15.9 Å². The van der Waals surface area contributed by atoms with Crippen molar-refractivity contribution in [2.75, 3.05) is 5.32 Å². The van der Waals surface area contributed by atoms with Crippen LogP contribution in [-0.2, 0) is 13.7 Å². The zero-order valence-electron chi connectivity index (χ0n) is 13.7. The first-order valence-corrected chi connectivity index (χ1v) is 8.73. The summed E-state index contributed by atoms with van der Waals surface area (Å²) in [5.74, 6) is 0.577. The molecule has 0 spiro atoms. The van der Waals surface area contributed by atoms with E-state index in [2.05, 4.69) is 10.4 Å². The van der Waals surface area contributed by atoms with Crippen molar-refractivity contribution in [3.63, 3.8) is 0 Å². The Morgan fingerprint density at radius 1 is 1.15 bits per heavy atom. The minimum absolute atomic E-state index is 0.200. The minimum atomic E-state index is -0.256. The van der Waals surface area contributed by atoms with Crippen LogP contribution < -0.4 is 10.1 Å². The van der Waals surface area contributed by atoms with E-state index < -0.39 is 0 Å². The Hall–Kier alpha value is -2.21. The molecule has 0 saturated carbocycles. The van der Waals surface area contributed by atoms with Crippen molar-refractivity contribution < 1.29 is 9.53 Å². The number of halogens is 3. The van der Waals surface area contributed by atoms with Gasteiger partial charge in [0.15, 0.2) is 11.6 Å². The quantitative estimate of drug-likeness (QED) is 0.628. The summed E-state index contributed by atoms with van der Waals surface area (Å²) >= 11 is 18.1. The van der Waals surface area contributed by atoms with Crippen LogP contribution in [0.5, 0.6) is 5.75 Å². The van der Waals surface area contributed by atoms with E-state index in [-0.39, 0.29) is 12.5 Å². The molecule has 3 rings (SSSR count). The van der Waals surface area contributed by atoms with Gasteiger partial charge in [0.1, 0.15) is 6.61 Å². The van der Waals surface area contributed by atoms with Gasteiger partial charge in [-0.1, -0.05) is 46.9 Å². The van der Waals surface area contributed by atoms with Gasteiger partial charge in [0, 0.05) is 29.9 Å². The lowest BCUT2D eigenvalue weighted by Crippen LogP contribution is -2.13. The molecular weight excluding hydrogens is 397 g/mol. The summed E-state index contributed by atoms with van der Waals surface area (Å²) in [6, 6.07) is 11.9. The van der Waals surface area contributed by atoms with Gasteiger partial charge in [-0.15, -0.1) is 0 Å². The molecule has 134 valence electrons. The average Bonchev–Trinajstić information content (AvgIpc) is 2.99. The lowest BCUT2D eigenvalue weighted by Gasteiger charge is -2.11. The summed E-state index contributed by atoms with van der Waals surface area (Å²) in [5.41, 5.74) is 1.28. The van der Waals surface area contributed by atoms with Crippen molar-refractivity contribution in [3.8, 4) is 5.75 Å². The zero-order chi connectivity index (χ0) is 18.7. The van der Waals surface area contributed by atoms with Crippen molar-refractivity contribution in [2.24, 2.45) is 7.05 Å². The number of anilines is 1. The number of carbonyl (C=O) groups excluding carboxylic acids is 1. The molecule has 0 aliphatic heterocycles. The highest BCUT2D eigenvalue weighted by molar-refractivity contribution is 6.40. The van der Waals surface area contributed by atoms with Crippen LogP contribution in [0.15, 0.2) is 48.7 Å². The fraction of sp³-hybridized carbons (Fsp3) is 0.111. The summed E-state index contributed by atoms with van der Waals surface area (Å²) < 4.78 is 7.31. The van der Waals surface area contributed by atoms with Gasteiger partial charge in [-0.3, -0.25) is 9.48 Å². The third kappa shape index (κ3) is 4.49. The molecule has 0 atom stereocenters. The summed E-state index contributed by atoms with van der Waals surface area (Å²) in [4.78, 5) is 12.3. The lowest BCUT2D eigenvalue weighted by atomic mass is 10.1. The third-order valence-electron chi connectivity index (χ3n) is 3.49. The Morgan fingerprint density at radius 3 is 2.54 bits per heavy atom. The smallest absolute Gasteiger partial charge is 0.256 e. The van der Waals surface area contributed by atoms with E-state index in [0.717, 1.165) is 5.56 Å². The Bertz CT molecular complexity index is 933. The van der Waals surface area contributed by atoms with Gasteiger partial charge < -0.3 is 10.1 Å². The molecule has 1 heterocycles. The van der Waals surface area contributed by atoms with E-state index in [9.17, 15) is 4.79 Å². The van der Waals surface area contributed by atoms with Gasteiger partial charge in [-0.25, -0.2) is 0 Å². The second-order valence-corrected chi connectivity index (χ2v) is 6.77. The fourth-order valence-corrected chi connectivity index (χ4v) is 3.22. The SMILES string of the molecule is Cn1ccc(NC(=O)c2cccc(COc3c(Cl)cc(Cl)cc3Cl)c2)n1. The second-order valence-electron chi connectivity index (χ2n) is 5.52. The number of benzene rings is 2. The predicted molar refractivity (Wildman–Crippen MR) is 103 cm³/mol. The fourth-order valence-electron chi connectivity index (χ4n) is 2.29. The molecule has 0 radical (unpaired) electrons. The van der Waals surface area contributed by atoms with Crippen molar-refractivity contribution >= 4 is 46.5 Å². The van der Waals surface area contributed by atoms with Gasteiger partial charge in [-0.2, -0.15) is 5.10 Å². The summed E-state index contributed by atoms with van der Waals surface area (Å²) in [6.45, 7) is 0.200. The van der Waals surface area contributed by atoms with Crippen molar-refractivity contribution in [3.05, 3.63) is 74.9 Å². The van der Waals surface area contributed by atoms with Crippen molar-refractivity contribution in [2.45, 2.75) is 6.61 Å². The maximum Gasteiger partial charge on any atom is 0.256 e. The molecule has 0 aliphatic carbocycles. The highest BCUT2D eigenvalue weighted by Gasteiger charge is 2.11. The van der Waals surface area contributed by atoms with E-state index in [1.807, 2.05) is 6.07 Å². The van der Waals surface area contributed by atoms with Gasteiger partial charge >= 0.3 is 0 Å². The standard InChI is InChI=1S/C18H14Cl3N3O2/c1-24-6-5-16(23-24)22-18(25)12-4-2-3-11(7-12)10-26-17-14(20)8-13(19)9-15(17)21/h2-9H,10H2,1H3,(H,22,23,25). The van der Waals surface area contributed by atoms with Crippen LogP contribution in [-0.4, -0.2) is 15.7 Å². The Balaban J connectivity index is 1.70. The zero-order valence-corrected chi connectivity index (χ0v) is 15.9. The molecule has 0 saturated heterocycles.